The van der Waals surface area contributed by atoms with Crippen molar-refractivity contribution in [3.05, 3.63) is 36.4 Å². The first kappa shape index (κ1) is 36.3. The number of carbonyl (C=O) groups excluding carboxylic acids is 3. The molecule has 41 heavy (non-hydrogen) atoms. The van der Waals surface area contributed by atoms with Crippen molar-refractivity contribution in [2.75, 3.05) is 18.5 Å². The third-order valence-corrected chi connectivity index (χ3v) is 7.06. The van der Waals surface area contributed by atoms with Gasteiger partial charge in [0.2, 0.25) is 11.8 Å². The number of allylic oxidation sites excluding steroid dienone is 2. The number of esters is 1. The highest BCUT2D eigenvalue weighted by Crippen LogP contribution is 2.20. The van der Waals surface area contributed by atoms with Crippen molar-refractivity contribution in [2.24, 2.45) is 5.41 Å². The van der Waals surface area contributed by atoms with Crippen LogP contribution in [-0.4, -0.2) is 47.3 Å². The average molecular weight is 575 g/mol. The number of carbonyl (C=O) groups is 3. The zero-order chi connectivity index (χ0) is 30.3. The standard InChI is InChI=1S/C33H54N2O6/c1-4-5-6-7-8-9-10-11-12-13-14-15-16-17-18-19-29(37)35-27-20-22-28(23-21-27)41-30(38)24-25-34-32(40)31(39)33(2,3)26-36/h11-12,20-23,31,36,39H,4-10,13-19,24-26H2,1-3H3,(H,34,40)(H,35,37). The molecule has 0 fully saturated rings. The fourth-order valence-corrected chi connectivity index (χ4v) is 4.19. The van der Waals surface area contributed by atoms with Crippen LogP contribution in [-0.2, 0) is 14.4 Å². The highest BCUT2D eigenvalue weighted by molar-refractivity contribution is 5.90. The van der Waals surface area contributed by atoms with Gasteiger partial charge in [0.1, 0.15) is 11.9 Å². The van der Waals surface area contributed by atoms with Crippen molar-refractivity contribution in [3.8, 4) is 5.75 Å². The molecule has 1 aromatic rings. The Morgan fingerprint density at radius 1 is 0.854 bits per heavy atom. The largest absolute Gasteiger partial charge is 0.426 e. The van der Waals surface area contributed by atoms with E-state index in [0.29, 0.717) is 17.9 Å². The summed E-state index contributed by atoms with van der Waals surface area (Å²) in [7, 11) is 0. The highest BCUT2D eigenvalue weighted by atomic mass is 16.5. The quantitative estimate of drug-likeness (QED) is 0.0515. The van der Waals surface area contributed by atoms with Gasteiger partial charge < -0.3 is 25.6 Å². The lowest BCUT2D eigenvalue weighted by atomic mass is 9.87. The van der Waals surface area contributed by atoms with E-state index in [0.717, 1.165) is 25.7 Å². The monoisotopic (exact) mass is 574 g/mol. The van der Waals surface area contributed by atoms with Crippen molar-refractivity contribution in [1.82, 2.24) is 5.32 Å². The van der Waals surface area contributed by atoms with Gasteiger partial charge in [-0.2, -0.15) is 0 Å². The first-order valence-corrected chi connectivity index (χ1v) is 15.5. The fourth-order valence-electron chi connectivity index (χ4n) is 4.19. The molecule has 8 heteroatoms. The van der Waals surface area contributed by atoms with Gasteiger partial charge in [-0.25, -0.2) is 0 Å². The van der Waals surface area contributed by atoms with Crippen LogP contribution in [0, 0.1) is 5.41 Å². The number of benzene rings is 1. The maximum Gasteiger partial charge on any atom is 0.312 e. The summed E-state index contributed by atoms with van der Waals surface area (Å²) in [5.41, 5.74) is -0.346. The SMILES string of the molecule is CCCCCCCCC=CCCCCCCCC(=O)Nc1ccc(OC(=O)CCNC(=O)C(O)C(C)(C)CO)cc1. The molecule has 1 aromatic carbocycles. The number of amides is 2. The maximum absolute atomic E-state index is 12.2. The van der Waals surface area contributed by atoms with Crippen LogP contribution in [0.5, 0.6) is 5.75 Å². The molecule has 0 bridgehead atoms. The summed E-state index contributed by atoms with van der Waals surface area (Å²) in [6.45, 7) is 5.03. The summed E-state index contributed by atoms with van der Waals surface area (Å²) in [6, 6.07) is 6.55. The van der Waals surface area contributed by atoms with Crippen LogP contribution < -0.4 is 15.4 Å². The number of ether oxygens (including phenoxy) is 1. The molecule has 1 unspecified atom stereocenters. The van der Waals surface area contributed by atoms with Gasteiger partial charge in [-0.1, -0.05) is 84.3 Å². The smallest absolute Gasteiger partial charge is 0.312 e. The minimum absolute atomic E-state index is 0.000727. The van der Waals surface area contributed by atoms with Crippen molar-refractivity contribution in [3.63, 3.8) is 0 Å². The first-order valence-electron chi connectivity index (χ1n) is 15.5. The van der Waals surface area contributed by atoms with Crippen LogP contribution in [0.3, 0.4) is 0 Å². The molecule has 1 atom stereocenters. The number of hydrogen-bond donors (Lipinski definition) is 4. The van der Waals surface area contributed by atoms with E-state index in [1.54, 1.807) is 38.1 Å². The number of nitrogens with one attached hydrogen (secondary N) is 2. The number of aliphatic hydroxyl groups is 2. The number of unbranched alkanes of at least 4 members (excludes halogenated alkanes) is 11. The lowest BCUT2D eigenvalue weighted by Gasteiger charge is -2.27. The number of anilines is 1. The molecule has 0 aliphatic rings. The fraction of sp³-hybridized carbons (Fsp3) is 0.667. The van der Waals surface area contributed by atoms with Gasteiger partial charge >= 0.3 is 5.97 Å². The number of rotatable bonds is 23. The molecule has 0 aromatic heterocycles. The molecule has 0 aliphatic carbocycles. The number of aliphatic hydroxyl groups excluding tert-OH is 2. The Bertz CT molecular complexity index is 897. The second-order valence-corrected chi connectivity index (χ2v) is 11.5. The summed E-state index contributed by atoms with van der Waals surface area (Å²) >= 11 is 0. The summed E-state index contributed by atoms with van der Waals surface area (Å²) in [5, 5.41) is 24.5. The van der Waals surface area contributed by atoms with Crippen molar-refractivity contribution in [1.29, 1.82) is 0 Å². The molecule has 0 saturated heterocycles. The van der Waals surface area contributed by atoms with Crippen molar-refractivity contribution < 1.29 is 29.3 Å². The summed E-state index contributed by atoms with van der Waals surface area (Å²) in [6.07, 6.45) is 19.5. The molecule has 0 radical (unpaired) electrons. The third kappa shape index (κ3) is 17.7. The Morgan fingerprint density at radius 2 is 1.41 bits per heavy atom. The van der Waals surface area contributed by atoms with E-state index in [1.807, 2.05) is 0 Å². The molecule has 232 valence electrons. The Morgan fingerprint density at radius 3 is 2.00 bits per heavy atom. The topological polar surface area (TPSA) is 125 Å². The molecule has 4 N–H and O–H groups in total. The molecule has 0 aliphatic heterocycles. The van der Waals surface area contributed by atoms with Crippen molar-refractivity contribution >= 4 is 23.5 Å². The van der Waals surface area contributed by atoms with Gasteiger partial charge in [0.15, 0.2) is 0 Å². The van der Waals surface area contributed by atoms with Gasteiger partial charge in [0.05, 0.1) is 13.0 Å². The molecular weight excluding hydrogens is 520 g/mol. The van der Waals surface area contributed by atoms with E-state index in [-0.39, 0.29) is 25.5 Å². The highest BCUT2D eigenvalue weighted by Gasteiger charge is 2.32. The van der Waals surface area contributed by atoms with Gasteiger partial charge in [-0.3, -0.25) is 14.4 Å². The molecular formula is C33H54N2O6. The van der Waals surface area contributed by atoms with E-state index >= 15 is 0 Å². The molecule has 8 nitrogen and oxygen atoms in total. The summed E-state index contributed by atoms with van der Waals surface area (Å²) in [5.74, 6) is -0.895. The minimum atomic E-state index is -1.39. The van der Waals surface area contributed by atoms with Crippen LogP contribution >= 0.6 is 0 Å². The lowest BCUT2D eigenvalue weighted by Crippen LogP contribution is -2.46. The van der Waals surface area contributed by atoms with Crippen LogP contribution in [0.15, 0.2) is 36.4 Å². The molecule has 2 amide bonds. The van der Waals surface area contributed by atoms with Crippen LogP contribution in [0.1, 0.15) is 117 Å². The summed E-state index contributed by atoms with van der Waals surface area (Å²) < 4.78 is 5.26. The average Bonchev–Trinajstić information content (AvgIpc) is 2.95. The predicted molar refractivity (Wildman–Crippen MR) is 165 cm³/mol. The normalized spacial score (nSPS) is 12.3. The minimum Gasteiger partial charge on any atom is -0.426 e. The zero-order valence-electron chi connectivity index (χ0n) is 25.6. The van der Waals surface area contributed by atoms with Gasteiger partial charge in [0.25, 0.3) is 0 Å². The molecule has 0 heterocycles. The Hall–Kier alpha value is -2.71. The van der Waals surface area contributed by atoms with E-state index in [2.05, 4.69) is 29.7 Å². The Balaban J connectivity index is 2.11. The third-order valence-electron chi connectivity index (χ3n) is 7.06. The van der Waals surface area contributed by atoms with Crippen molar-refractivity contribution in [2.45, 2.75) is 123 Å². The molecule has 0 saturated carbocycles. The maximum atomic E-state index is 12.2. The van der Waals surface area contributed by atoms with E-state index in [9.17, 15) is 24.6 Å². The molecule has 0 spiro atoms. The van der Waals surface area contributed by atoms with Crippen LogP contribution in [0.25, 0.3) is 0 Å². The van der Waals surface area contributed by atoms with E-state index < -0.39 is 23.4 Å². The zero-order valence-corrected chi connectivity index (χ0v) is 25.6. The second kappa shape index (κ2) is 22.0. The van der Waals surface area contributed by atoms with Gasteiger partial charge in [-0.15, -0.1) is 0 Å². The first-order chi connectivity index (χ1) is 19.7. The predicted octanol–water partition coefficient (Wildman–Crippen LogP) is 6.45. The van der Waals surface area contributed by atoms with E-state index in [1.165, 1.54) is 57.8 Å². The second-order valence-electron chi connectivity index (χ2n) is 11.5. The van der Waals surface area contributed by atoms with Gasteiger partial charge in [0, 0.05) is 24.1 Å². The Labute approximate surface area is 247 Å². The summed E-state index contributed by atoms with van der Waals surface area (Å²) in [4.78, 5) is 36.2. The van der Waals surface area contributed by atoms with Gasteiger partial charge in [-0.05, 0) is 56.4 Å². The lowest BCUT2D eigenvalue weighted by molar-refractivity contribution is -0.137. The molecule has 1 rings (SSSR count). The van der Waals surface area contributed by atoms with Crippen LogP contribution in [0.2, 0.25) is 0 Å². The number of hydrogen-bond acceptors (Lipinski definition) is 6. The van der Waals surface area contributed by atoms with Crippen LogP contribution in [0.4, 0.5) is 5.69 Å². The van der Waals surface area contributed by atoms with E-state index in [4.69, 9.17) is 4.74 Å². The Kier molecular flexibility index (Phi) is 19.5.